The fraction of sp³-hybridized carbons (Fsp3) is 0.440. The molecule has 1 unspecified atom stereocenters. The quantitative estimate of drug-likeness (QED) is 0.649. The Morgan fingerprint density at radius 1 is 1.21 bits per heavy atom. The van der Waals surface area contributed by atoms with Crippen LogP contribution in [0.25, 0.3) is 0 Å². The number of fused-ring (bicyclic) bond motifs is 4. The third-order valence-electron chi connectivity index (χ3n) is 6.57. The van der Waals surface area contributed by atoms with E-state index in [4.69, 9.17) is 4.74 Å². The molecule has 7 nitrogen and oxygen atoms in total. The molecule has 2 saturated heterocycles. The van der Waals surface area contributed by atoms with Crippen LogP contribution in [0.15, 0.2) is 47.8 Å². The number of hydrogen-bond acceptors (Lipinski definition) is 3. The van der Waals surface area contributed by atoms with Crippen LogP contribution in [0.1, 0.15) is 46.6 Å². The van der Waals surface area contributed by atoms with E-state index in [1.54, 1.807) is 17.0 Å². The Labute approximate surface area is 192 Å². The van der Waals surface area contributed by atoms with Gasteiger partial charge in [-0.3, -0.25) is 14.6 Å². The predicted octanol–water partition coefficient (Wildman–Crippen LogP) is 3.05. The van der Waals surface area contributed by atoms with E-state index in [1.165, 1.54) is 12.1 Å². The minimum Gasteiger partial charge on any atom is -0.444 e. The Morgan fingerprint density at radius 2 is 1.91 bits per heavy atom. The second-order valence-electron chi connectivity index (χ2n) is 10.0. The number of halogens is 1. The summed E-state index contributed by atoms with van der Waals surface area (Å²) in [6.07, 6.45) is 4.37. The van der Waals surface area contributed by atoms with Crippen molar-refractivity contribution in [2.75, 3.05) is 19.6 Å². The molecule has 2 fully saturated rings. The highest BCUT2D eigenvalue weighted by Crippen LogP contribution is 2.39. The molecule has 0 aromatic heterocycles. The second-order valence-corrected chi connectivity index (χ2v) is 10.0. The van der Waals surface area contributed by atoms with Crippen molar-refractivity contribution in [3.8, 4) is 0 Å². The minimum atomic E-state index is -0.728. The zero-order chi connectivity index (χ0) is 23.7. The lowest BCUT2D eigenvalue weighted by Gasteiger charge is -2.39. The predicted molar refractivity (Wildman–Crippen MR) is 120 cm³/mol. The van der Waals surface area contributed by atoms with E-state index in [9.17, 15) is 14.0 Å². The number of allylic oxidation sites excluding steroid dienone is 1. The van der Waals surface area contributed by atoms with Gasteiger partial charge in [-0.05, 0) is 51.5 Å². The molecule has 4 aliphatic heterocycles. The van der Waals surface area contributed by atoms with Gasteiger partial charge in [0.2, 0.25) is 5.71 Å². The van der Waals surface area contributed by atoms with Gasteiger partial charge in [0.25, 0.3) is 11.9 Å². The molecule has 1 aromatic carbocycles. The maximum Gasteiger partial charge on any atom is 0.456 e. The molecule has 0 radical (unpaired) electrons. The van der Waals surface area contributed by atoms with Crippen molar-refractivity contribution in [2.45, 2.75) is 52.3 Å². The van der Waals surface area contributed by atoms with Crippen molar-refractivity contribution >= 4 is 23.5 Å². The molecule has 0 N–H and O–H groups in total. The number of carbonyl (C=O) groups excluding carboxylic acids is 2. The molecule has 4 heterocycles. The van der Waals surface area contributed by atoms with Gasteiger partial charge in [0, 0.05) is 31.7 Å². The molecular formula is C25H29FN4O3+2. The van der Waals surface area contributed by atoms with Gasteiger partial charge in [-0.25, -0.2) is 9.18 Å². The van der Waals surface area contributed by atoms with Crippen molar-refractivity contribution in [3.63, 3.8) is 0 Å². The van der Waals surface area contributed by atoms with E-state index >= 15 is 0 Å². The van der Waals surface area contributed by atoms with E-state index in [1.807, 2.05) is 43.4 Å². The Balaban J connectivity index is 1.60. The van der Waals surface area contributed by atoms with E-state index in [0.717, 1.165) is 29.1 Å². The lowest BCUT2D eigenvalue weighted by atomic mass is 10.1. The second kappa shape index (κ2) is 7.10. The topological polar surface area (TPSA) is 55.9 Å². The molecule has 0 saturated carbocycles. The van der Waals surface area contributed by atoms with Crippen LogP contribution in [0.3, 0.4) is 0 Å². The standard InChI is InChI=1S/C25H29FN4O3/c1-6-16-13-19(17-7-9-18(26)10-8-17)28-14-20-22(31)29-12-11-27(23(32)33-24(2,3)4)15-25(29,5)30(20)21(16)28/h7-10,13-14H,6,11-12,15H2,1-5H3/q+2. The summed E-state index contributed by atoms with van der Waals surface area (Å²) < 4.78 is 23.2. The number of piperazine rings is 1. The van der Waals surface area contributed by atoms with Crippen molar-refractivity contribution in [2.24, 2.45) is 0 Å². The number of carbonyl (C=O) groups is 2. The van der Waals surface area contributed by atoms with Crippen molar-refractivity contribution in [1.82, 2.24) is 9.80 Å². The normalized spacial score (nSPS) is 24.1. The number of amides is 2. The van der Waals surface area contributed by atoms with Crippen LogP contribution in [0.4, 0.5) is 9.18 Å². The van der Waals surface area contributed by atoms with Crippen molar-refractivity contribution < 1.29 is 27.9 Å². The van der Waals surface area contributed by atoms with Crippen LogP contribution < -0.4 is 0 Å². The molecule has 1 atom stereocenters. The van der Waals surface area contributed by atoms with Crippen LogP contribution in [-0.2, 0) is 9.53 Å². The molecule has 2 amide bonds. The van der Waals surface area contributed by atoms with Gasteiger partial charge in [-0.15, -0.1) is 0 Å². The van der Waals surface area contributed by atoms with Gasteiger partial charge in [0.15, 0.2) is 0 Å². The molecule has 33 heavy (non-hydrogen) atoms. The first-order valence-electron chi connectivity index (χ1n) is 11.4. The van der Waals surface area contributed by atoms with Gasteiger partial charge in [-0.1, -0.05) is 16.1 Å². The summed E-state index contributed by atoms with van der Waals surface area (Å²) in [6.45, 7) is 10.8. The highest BCUT2D eigenvalue weighted by atomic mass is 19.1. The summed E-state index contributed by atoms with van der Waals surface area (Å²) in [5.41, 5.74) is 2.15. The van der Waals surface area contributed by atoms with Crippen LogP contribution in [-0.4, -0.2) is 73.4 Å². The van der Waals surface area contributed by atoms with Crippen LogP contribution in [0, 0.1) is 5.82 Å². The number of hydrogen-bond donors (Lipinski definition) is 0. The SMILES string of the molecule is CCC1=CC(c2ccc(F)cc2)=[N+]2C=C3C(=O)N4CCN(C(=O)OC(C)(C)C)CC4(C)[N+]3=C12. The number of ether oxygens (including phenoxy) is 1. The first-order chi connectivity index (χ1) is 15.5. The molecule has 0 bridgehead atoms. The highest BCUT2D eigenvalue weighted by molar-refractivity contribution is 6.17. The first kappa shape index (κ1) is 21.6. The summed E-state index contributed by atoms with van der Waals surface area (Å²) in [7, 11) is 0. The van der Waals surface area contributed by atoms with Crippen LogP contribution in [0.5, 0.6) is 0 Å². The van der Waals surface area contributed by atoms with Crippen LogP contribution in [0.2, 0.25) is 0 Å². The van der Waals surface area contributed by atoms with Gasteiger partial charge < -0.3 is 4.74 Å². The summed E-state index contributed by atoms with van der Waals surface area (Å²) in [4.78, 5) is 29.8. The molecule has 5 rings (SSSR count). The van der Waals surface area contributed by atoms with E-state index in [0.29, 0.717) is 25.3 Å². The Hall–Kier alpha value is -3.29. The molecule has 4 aliphatic rings. The third-order valence-corrected chi connectivity index (χ3v) is 6.57. The largest absolute Gasteiger partial charge is 0.456 e. The maximum absolute atomic E-state index is 13.5. The Morgan fingerprint density at radius 3 is 2.55 bits per heavy atom. The summed E-state index contributed by atoms with van der Waals surface area (Å²) in [5.74, 6) is 0.595. The van der Waals surface area contributed by atoms with E-state index in [2.05, 4.69) is 17.6 Å². The fourth-order valence-corrected chi connectivity index (χ4v) is 5.11. The van der Waals surface area contributed by atoms with E-state index < -0.39 is 11.3 Å². The Bertz CT molecular complexity index is 1200. The third kappa shape index (κ3) is 3.22. The number of rotatable bonds is 2. The highest BCUT2D eigenvalue weighted by Gasteiger charge is 2.67. The molecule has 8 heteroatoms. The molecule has 0 aliphatic carbocycles. The van der Waals surface area contributed by atoms with Crippen molar-refractivity contribution in [1.29, 1.82) is 0 Å². The zero-order valence-corrected chi connectivity index (χ0v) is 19.7. The van der Waals surface area contributed by atoms with Gasteiger partial charge in [0.1, 0.15) is 23.5 Å². The number of amidine groups is 1. The molecule has 1 aromatic rings. The lowest BCUT2D eigenvalue weighted by molar-refractivity contribution is -0.580. The van der Waals surface area contributed by atoms with Gasteiger partial charge in [0.05, 0.1) is 0 Å². The Kier molecular flexibility index (Phi) is 4.64. The van der Waals surface area contributed by atoms with Crippen LogP contribution >= 0.6 is 0 Å². The van der Waals surface area contributed by atoms with Crippen molar-refractivity contribution in [3.05, 3.63) is 59.2 Å². The first-order valence-corrected chi connectivity index (χ1v) is 11.4. The molecular weight excluding hydrogens is 423 g/mol. The lowest BCUT2D eigenvalue weighted by Crippen LogP contribution is -2.64. The smallest absolute Gasteiger partial charge is 0.444 e. The summed E-state index contributed by atoms with van der Waals surface area (Å²) in [5, 5.41) is 0. The maximum atomic E-state index is 13.5. The summed E-state index contributed by atoms with van der Waals surface area (Å²) >= 11 is 0. The molecule has 172 valence electrons. The number of benzene rings is 1. The average Bonchev–Trinajstić information content (AvgIpc) is 3.35. The van der Waals surface area contributed by atoms with Gasteiger partial charge >= 0.3 is 23.5 Å². The fourth-order valence-electron chi connectivity index (χ4n) is 5.11. The van der Waals surface area contributed by atoms with Gasteiger partial charge in [-0.2, -0.15) is 0 Å². The van der Waals surface area contributed by atoms with E-state index in [-0.39, 0.29) is 17.8 Å². The number of nitrogens with zero attached hydrogens (tertiary/aromatic N) is 4. The monoisotopic (exact) mass is 452 g/mol. The summed E-state index contributed by atoms with van der Waals surface area (Å²) in [6, 6.07) is 6.39. The minimum absolute atomic E-state index is 0.0443. The molecule has 0 spiro atoms. The zero-order valence-electron chi connectivity index (χ0n) is 19.7. The average molecular weight is 453 g/mol.